The van der Waals surface area contributed by atoms with Crippen molar-refractivity contribution in [2.24, 2.45) is 5.10 Å². The van der Waals surface area contributed by atoms with Crippen molar-refractivity contribution in [1.29, 1.82) is 0 Å². The molecule has 0 aromatic heterocycles. The molecule has 3 rings (SSSR count). The molecule has 0 radical (unpaired) electrons. The van der Waals surface area contributed by atoms with Gasteiger partial charge >= 0.3 is 11.8 Å². The molecule has 3 aromatic carbocycles. The number of rotatable bonds is 9. The number of anilines is 1. The largest absolute Gasteiger partial charge is 0.497 e. The molecule has 34 heavy (non-hydrogen) atoms. The quantitative estimate of drug-likeness (QED) is 0.284. The Hall–Kier alpha value is -4.33. The van der Waals surface area contributed by atoms with Crippen molar-refractivity contribution in [2.45, 2.75) is 20.5 Å². The second-order valence-electron chi connectivity index (χ2n) is 7.30. The zero-order chi connectivity index (χ0) is 24.3. The number of nitrogens with one attached hydrogen (secondary N) is 2. The van der Waals surface area contributed by atoms with Crippen molar-refractivity contribution in [3.63, 3.8) is 0 Å². The topological polar surface area (TPSA) is 98.2 Å². The summed E-state index contributed by atoms with van der Waals surface area (Å²) in [6.45, 7) is 4.79. The van der Waals surface area contributed by atoms with Gasteiger partial charge in [0.15, 0.2) is 11.5 Å². The SMILES string of the molecule is CCOc1cc(/C=N/NC(=O)C(=O)Nc2ccc(OC)cc2)ccc1OCc1cccc(C)c1. The number of benzene rings is 3. The normalized spacial score (nSPS) is 10.6. The highest BCUT2D eigenvalue weighted by Crippen LogP contribution is 2.29. The maximum Gasteiger partial charge on any atom is 0.329 e. The molecule has 0 bridgehead atoms. The highest BCUT2D eigenvalue weighted by molar-refractivity contribution is 6.39. The van der Waals surface area contributed by atoms with Gasteiger partial charge in [0, 0.05) is 5.69 Å². The van der Waals surface area contributed by atoms with Gasteiger partial charge in [0.05, 0.1) is 19.9 Å². The van der Waals surface area contributed by atoms with Crippen molar-refractivity contribution in [3.05, 3.63) is 83.4 Å². The van der Waals surface area contributed by atoms with Crippen LogP contribution in [0.4, 0.5) is 5.69 Å². The molecule has 176 valence electrons. The lowest BCUT2D eigenvalue weighted by Gasteiger charge is -2.13. The number of nitrogens with zero attached hydrogens (tertiary/aromatic N) is 1. The fourth-order valence-electron chi connectivity index (χ4n) is 3.03. The second-order valence-corrected chi connectivity index (χ2v) is 7.30. The van der Waals surface area contributed by atoms with E-state index in [0.717, 1.165) is 11.1 Å². The molecule has 2 amide bonds. The van der Waals surface area contributed by atoms with Gasteiger partial charge in [-0.1, -0.05) is 29.8 Å². The minimum absolute atomic E-state index is 0.411. The number of aryl methyl sites for hydroxylation is 1. The monoisotopic (exact) mass is 461 g/mol. The van der Waals surface area contributed by atoms with Crippen molar-refractivity contribution >= 4 is 23.7 Å². The summed E-state index contributed by atoms with van der Waals surface area (Å²) >= 11 is 0. The molecular weight excluding hydrogens is 434 g/mol. The molecule has 0 saturated carbocycles. The summed E-state index contributed by atoms with van der Waals surface area (Å²) in [6, 6.07) is 20.0. The second kappa shape index (κ2) is 12.1. The Labute approximate surface area is 198 Å². The van der Waals surface area contributed by atoms with Gasteiger partial charge in [0.2, 0.25) is 0 Å². The summed E-state index contributed by atoms with van der Waals surface area (Å²) in [5, 5.41) is 6.35. The standard InChI is InChI=1S/C26H27N3O5/c1-4-33-24-15-19(8-13-23(24)34-17-20-7-5-6-18(2)14-20)16-27-29-26(31)25(30)28-21-9-11-22(32-3)12-10-21/h5-16H,4,17H2,1-3H3,(H,28,30)(H,29,31)/b27-16+. The molecule has 8 heteroatoms. The molecular formula is C26H27N3O5. The number of methoxy groups -OCH3 is 1. The van der Waals surface area contributed by atoms with E-state index >= 15 is 0 Å². The van der Waals surface area contributed by atoms with E-state index in [1.165, 1.54) is 6.21 Å². The van der Waals surface area contributed by atoms with E-state index in [4.69, 9.17) is 14.2 Å². The van der Waals surface area contributed by atoms with Crippen LogP contribution in [0, 0.1) is 6.92 Å². The van der Waals surface area contributed by atoms with E-state index in [0.29, 0.717) is 41.7 Å². The first-order chi connectivity index (χ1) is 16.5. The molecule has 0 aliphatic carbocycles. The van der Waals surface area contributed by atoms with Gasteiger partial charge in [-0.05, 0) is 67.4 Å². The average molecular weight is 462 g/mol. The van der Waals surface area contributed by atoms with Crippen LogP contribution < -0.4 is 25.0 Å². The first-order valence-electron chi connectivity index (χ1n) is 10.7. The number of amides is 2. The third-order valence-electron chi connectivity index (χ3n) is 4.68. The van der Waals surface area contributed by atoms with Crippen LogP contribution >= 0.6 is 0 Å². The number of ether oxygens (including phenoxy) is 3. The minimum atomic E-state index is -0.893. The Morgan fingerprint density at radius 3 is 2.44 bits per heavy atom. The maximum absolute atomic E-state index is 12.0. The lowest BCUT2D eigenvalue weighted by atomic mass is 10.1. The predicted octanol–water partition coefficient (Wildman–Crippen LogP) is 4.07. The fraction of sp³-hybridized carbons (Fsp3) is 0.192. The van der Waals surface area contributed by atoms with Gasteiger partial charge in [0.1, 0.15) is 12.4 Å². The minimum Gasteiger partial charge on any atom is -0.497 e. The fourth-order valence-corrected chi connectivity index (χ4v) is 3.03. The first-order valence-corrected chi connectivity index (χ1v) is 10.7. The zero-order valence-electron chi connectivity index (χ0n) is 19.3. The summed E-state index contributed by atoms with van der Waals surface area (Å²) in [4.78, 5) is 24.1. The highest BCUT2D eigenvalue weighted by Gasteiger charge is 2.13. The number of carbonyl (C=O) groups is 2. The average Bonchev–Trinajstić information content (AvgIpc) is 2.84. The molecule has 0 fully saturated rings. The molecule has 0 spiro atoms. The lowest BCUT2D eigenvalue weighted by molar-refractivity contribution is -0.136. The summed E-state index contributed by atoms with van der Waals surface area (Å²) in [7, 11) is 1.54. The predicted molar refractivity (Wildman–Crippen MR) is 130 cm³/mol. The Bertz CT molecular complexity index is 1160. The number of carbonyl (C=O) groups excluding carboxylic acids is 2. The molecule has 0 saturated heterocycles. The zero-order valence-corrected chi connectivity index (χ0v) is 19.3. The molecule has 8 nitrogen and oxygen atoms in total. The molecule has 0 unspecified atom stereocenters. The molecule has 0 aliphatic rings. The molecule has 0 aliphatic heterocycles. The summed E-state index contributed by atoms with van der Waals surface area (Å²) in [5.74, 6) is 0.0727. The third-order valence-corrected chi connectivity index (χ3v) is 4.68. The molecule has 0 heterocycles. The van der Waals surface area contributed by atoms with E-state index in [-0.39, 0.29) is 0 Å². The van der Waals surface area contributed by atoms with Crippen LogP contribution in [0.5, 0.6) is 17.2 Å². The Kier molecular flexibility index (Phi) is 8.62. The van der Waals surface area contributed by atoms with Gasteiger partial charge in [-0.25, -0.2) is 5.43 Å². The van der Waals surface area contributed by atoms with Crippen molar-refractivity contribution < 1.29 is 23.8 Å². The van der Waals surface area contributed by atoms with Crippen LogP contribution in [0.15, 0.2) is 71.8 Å². The van der Waals surface area contributed by atoms with Crippen LogP contribution in [-0.4, -0.2) is 31.7 Å². The van der Waals surface area contributed by atoms with E-state index in [1.807, 2.05) is 32.0 Å². The molecule has 3 aromatic rings. The lowest BCUT2D eigenvalue weighted by Crippen LogP contribution is -2.32. The van der Waals surface area contributed by atoms with Gasteiger partial charge in [-0.15, -0.1) is 0 Å². The summed E-state index contributed by atoms with van der Waals surface area (Å²) < 4.78 is 16.7. The Morgan fingerprint density at radius 2 is 1.74 bits per heavy atom. The highest BCUT2D eigenvalue weighted by atomic mass is 16.5. The van der Waals surface area contributed by atoms with Gasteiger partial charge in [-0.2, -0.15) is 5.10 Å². The van der Waals surface area contributed by atoms with Crippen LogP contribution in [-0.2, 0) is 16.2 Å². The Morgan fingerprint density at radius 1 is 0.941 bits per heavy atom. The van der Waals surface area contributed by atoms with Crippen LogP contribution in [0.2, 0.25) is 0 Å². The summed E-state index contributed by atoms with van der Waals surface area (Å²) in [5.41, 5.74) is 5.57. The third kappa shape index (κ3) is 7.09. The maximum atomic E-state index is 12.0. The van der Waals surface area contributed by atoms with Crippen molar-refractivity contribution in [3.8, 4) is 17.2 Å². The summed E-state index contributed by atoms with van der Waals surface area (Å²) in [6.07, 6.45) is 1.42. The Balaban J connectivity index is 1.58. The number of hydrogen-bond acceptors (Lipinski definition) is 6. The number of hydrogen-bond donors (Lipinski definition) is 2. The molecule has 0 atom stereocenters. The van der Waals surface area contributed by atoms with E-state index in [1.54, 1.807) is 49.6 Å². The van der Waals surface area contributed by atoms with Crippen LogP contribution in [0.25, 0.3) is 0 Å². The molecule has 2 N–H and O–H groups in total. The van der Waals surface area contributed by atoms with Crippen molar-refractivity contribution in [1.82, 2.24) is 5.43 Å². The van der Waals surface area contributed by atoms with Crippen LogP contribution in [0.1, 0.15) is 23.6 Å². The first kappa shape index (κ1) is 24.3. The van der Waals surface area contributed by atoms with E-state index < -0.39 is 11.8 Å². The van der Waals surface area contributed by atoms with Gasteiger partial charge in [-0.3, -0.25) is 9.59 Å². The van der Waals surface area contributed by atoms with Crippen molar-refractivity contribution in [2.75, 3.05) is 19.0 Å². The van der Waals surface area contributed by atoms with Gasteiger partial charge in [0.25, 0.3) is 0 Å². The van der Waals surface area contributed by atoms with E-state index in [9.17, 15) is 9.59 Å². The number of hydrazone groups is 1. The smallest absolute Gasteiger partial charge is 0.329 e. The van der Waals surface area contributed by atoms with E-state index in [2.05, 4.69) is 21.9 Å². The van der Waals surface area contributed by atoms with Crippen LogP contribution in [0.3, 0.4) is 0 Å². The van der Waals surface area contributed by atoms with Gasteiger partial charge < -0.3 is 19.5 Å².